The zero-order valence-corrected chi connectivity index (χ0v) is 16.7. The van der Waals surface area contributed by atoms with E-state index in [0.717, 1.165) is 22.6 Å². The maximum atomic E-state index is 12.8. The average molecular weight is 378 g/mol. The second-order valence-corrected chi connectivity index (χ2v) is 7.70. The first-order valence-electron chi connectivity index (χ1n) is 9.16. The molecule has 0 atom stereocenters. The smallest absolute Gasteiger partial charge is 0.273 e. The summed E-state index contributed by atoms with van der Waals surface area (Å²) >= 11 is 0. The molecule has 146 valence electrons. The Morgan fingerprint density at radius 2 is 1.96 bits per heavy atom. The fourth-order valence-corrected chi connectivity index (χ4v) is 2.89. The molecular formula is C21H26N6O. The second kappa shape index (κ2) is 7.72. The Bertz CT molecular complexity index is 987. The first kappa shape index (κ1) is 19.4. The van der Waals surface area contributed by atoms with Crippen LogP contribution in [-0.4, -0.2) is 20.7 Å². The van der Waals surface area contributed by atoms with Crippen LogP contribution in [0.25, 0.3) is 0 Å². The number of aryl methyl sites for hydroxylation is 1. The molecule has 7 nitrogen and oxygen atoms in total. The van der Waals surface area contributed by atoms with Gasteiger partial charge < -0.3 is 16.4 Å². The Labute approximate surface area is 165 Å². The van der Waals surface area contributed by atoms with Gasteiger partial charge in [0, 0.05) is 18.4 Å². The highest BCUT2D eigenvalue weighted by atomic mass is 16.2. The van der Waals surface area contributed by atoms with Gasteiger partial charge in [-0.2, -0.15) is 5.10 Å². The van der Waals surface area contributed by atoms with Crippen LogP contribution in [0.2, 0.25) is 0 Å². The summed E-state index contributed by atoms with van der Waals surface area (Å²) in [6, 6.07) is 13.2. The number of carbonyl (C=O) groups excluding carboxylic acids is 1. The molecule has 3 aromatic rings. The number of aromatic nitrogens is 3. The van der Waals surface area contributed by atoms with Crippen molar-refractivity contribution in [3.05, 3.63) is 65.6 Å². The standard InChI is InChI=1S/C21H26N6O/c1-14-11-18(27(26-14)21(2,3)4)20(28)25-16-8-5-7-15(12-16)13-24-17-9-6-10-23-19(17)22/h5-12,24H,13H2,1-4H3,(H2,22,23)(H,25,28). The third-order valence-electron chi connectivity index (χ3n) is 4.21. The predicted molar refractivity (Wildman–Crippen MR) is 112 cm³/mol. The van der Waals surface area contributed by atoms with Crippen molar-refractivity contribution in [2.75, 3.05) is 16.4 Å². The van der Waals surface area contributed by atoms with Crippen LogP contribution in [-0.2, 0) is 12.1 Å². The van der Waals surface area contributed by atoms with E-state index in [1.165, 1.54) is 0 Å². The predicted octanol–water partition coefficient (Wildman–Crippen LogP) is 3.79. The lowest BCUT2D eigenvalue weighted by atomic mass is 10.1. The van der Waals surface area contributed by atoms with E-state index >= 15 is 0 Å². The number of nitrogens with one attached hydrogen (secondary N) is 2. The lowest BCUT2D eigenvalue weighted by molar-refractivity contribution is 0.100. The van der Waals surface area contributed by atoms with Gasteiger partial charge >= 0.3 is 0 Å². The minimum Gasteiger partial charge on any atom is -0.382 e. The Morgan fingerprint density at radius 1 is 1.18 bits per heavy atom. The maximum absolute atomic E-state index is 12.8. The summed E-state index contributed by atoms with van der Waals surface area (Å²) in [5, 5.41) is 10.7. The summed E-state index contributed by atoms with van der Waals surface area (Å²) < 4.78 is 1.76. The van der Waals surface area contributed by atoms with Gasteiger partial charge in [-0.1, -0.05) is 12.1 Å². The van der Waals surface area contributed by atoms with E-state index in [2.05, 4.69) is 20.7 Å². The molecule has 0 aliphatic rings. The number of rotatable bonds is 5. The van der Waals surface area contributed by atoms with E-state index in [-0.39, 0.29) is 11.4 Å². The van der Waals surface area contributed by atoms with Crippen LogP contribution in [0.1, 0.15) is 42.5 Å². The van der Waals surface area contributed by atoms with Crippen LogP contribution in [0.4, 0.5) is 17.2 Å². The van der Waals surface area contributed by atoms with Crippen molar-refractivity contribution in [2.45, 2.75) is 39.8 Å². The molecule has 2 aromatic heterocycles. The lowest BCUT2D eigenvalue weighted by Gasteiger charge is -2.22. The van der Waals surface area contributed by atoms with Gasteiger partial charge in [0.25, 0.3) is 5.91 Å². The molecule has 0 aliphatic heterocycles. The molecule has 7 heteroatoms. The van der Waals surface area contributed by atoms with Crippen LogP contribution in [0.15, 0.2) is 48.7 Å². The molecule has 4 N–H and O–H groups in total. The van der Waals surface area contributed by atoms with Crippen LogP contribution in [0.5, 0.6) is 0 Å². The van der Waals surface area contributed by atoms with Crippen LogP contribution < -0.4 is 16.4 Å². The minimum atomic E-state index is -0.281. The summed E-state index contributed by atoms with van der Waals surface area (Å²) in [6.07, 6.45) is 1.65. The molecule has 2 heterocycles. The van der Waals surface area contributed by atoms with Gasteiger partial charge in [0.1, 0.15) is 11.5 Å². The number of hydrogen-bond donors (Lipinski definition) is 3. The zero-order chi connectivity index (χ0) is 20.3. The molecule has 0 saturated heterocycles. The topological polar surface area (TPSA) is 97.9 Å². The second-order valence-electron chi connectivity index (χ2n) is 7.70. The summed E-state index contributed by atoms with van der Waals surface area (Å²) in [5.41, 5.74) is 9.45. The normalized spacial score (nSPS) is 11.3. The van der Waals surface area contributed by atoms with Crippen LogP contribution in [0.3, 0.4) is 0 Å². The zero-order valence-electron chi connectivity index (χ0n) is 16.7. The fourth-order valence-electron chi connectivity index (χ4n) is 2.89. The van der Waals surface area contributed by atoms with Crippen molar-refractivity contribution < 1.29 is 4.79 Å². The van der Waals surface area contributed by atoms with Gasteiger partial charge in [0.15, 0.2) is 0 Å². The SMILES string of the molecule is Cc1cc(C(=O)Nc2cccc(CNc3cccnc3N)c2)n(C(C)(C)C)n1. The van der Waals surface area contributed by atoms with Gasteiger partial charge in [-0.3, -0.25) is 9.48 Å². The van der Waals surface area contributed by atoms with E-state index in [1.54, 1.807) is 16.9 Å². The highest BCUT2D eigenvalue weighted by Gasteiger charge is 2.23. The molecule has 0 aliphatic carbocycles. The number of nitrogens with zero attached hydrogens (tertiary/aromatic N) is 3. The number of anilines is 3. The molecule has 0 bridgehead atoms. The highest BCUT2D eigenvalue weighted by molar-refractivity contribution is 6.03. The third kappa shape index (κ3) is 4.49. The Kier molecular flexibility index (Phi) is 5.35. The van der Waals surface area contributed by atoms with Gasteiger partial charge in [0.2, 0.25) is 0 Å². The Balaban J connectivity index is 1.73. The summed E-state index contributed by atoms with van der Waals surface area (Å²) in [5.74, 6) is 0.273. The average Bonchev–Trinajstić information content (AvgIpc) is 3.04. The summed E-state index contributed by atoms with van der Waals surface area (Å²) in [4.78, 5) is 16.9. The van der Waals surface area contributed by atoms with Gasteiger partial charge in [-0.15, -0.1) is 0 Å². The maximum Gasteiger partial charge on any atom is 0.273 e. The number of benzene rings is 1. The van der Waals surface area contributed by atoms with Crippen molar-refractivity contribution >= 4 is 23.1 Å². The number of amides is 1. The molecular weight excluding hydrogens is 352 g/mol. The molecule has 1 aromatic carbocycles. The van der Waals surface area contributed by atoms with Crippen molar-refractivity contribution in [3.63, 3.8) is 0 Å². The quantitative estimate of drug-likeness (QED) is 0.627. The molecule has 0 radical (unpaired) electrons. The van der Waals surface area contributed by atoms with E-state index in [1.807, 2.05) is 64.1 Å². The molecule has 28 heavy (non-hydrogen) atoms. The van der Waals surface area contributed by atoms with Crippen molar-refractivity contribution in [3.8, 4) is 0 Å². The van der Waals surface area contributed by atoms with E-state index in [4.69, 9.17) is 5.73 Å². The molecule has 1 amide bonds. The van der Waals surface area contributed by atoms with E-state index in [0.29, 0.717) is 18.1 Å². The molecule has 0 unspecified atom stereocenters. The largest absolute Gasteiger partial charge is 0.382 e. The number of hydrogen-bond acceptors (Lipinski definition) is 5. The Hall–Kier alpha value is -3.35. The fraction of sp³-hybridized carbons (Fsp3) is 0.286. The number of pyridine rings is 1. The summed E-state index contributed by atoms with van der Waals surface area (Å²) in [7, 11) is 0. The molecule has 3 rings (SSSR count). The van der Waals surface area contributed by atoms with Gasteiger partial charge in [-0.05, 0) is 63.6 Å². The van der Waals surface area contributed by atoms with E-state index in [9.17, 15) is 4.79 Å². The first-order valence-corrected chi connectivity index (χ1v) is 9.16. The third-order valence-corrected chi connectivity index (χ3v) is 4.21. The number of carbonyl (C=O) groups is 1. The molecule has 0 fully saturated rings. The number of nitrogen functional groups attached to an aromatic ring is 1. The summed E-state index contributed by atoms with van der Waals surface area (Å²) in [6.45, 7) is 8.51. The van der Waals surface area contributed by atoms with Crippen LogP contribution in [0, 0.1) is 6.92 Å². The van der Waals surface area contributed by atoms with Crippen LogP contribution >= 0.6 is 0 Å². The van der Waals surface area contributed by atoms with Gasteiger partial charge in [0.05, 0.1) is 16.9 Å². The van der Waals surface area contributed by atoms with Crippen molar-refractivity contribution in [1.29, 1.82) is 0 Å². The monoisotopic (exact) mass is 378 g/mol. The van der Waals surface area contributed by atoms with Gasteiger partial charge in [-0.25, -0.2) is 4.98 Å². The van der Waals surface area contributed by atoms with Crippen molar-refractivity contribution in [2.24, 2.45) is 0 Å². The van der Waals surface area contributed by atoms with Crippen molar-refractivity contribution in [1.82, 2.24) is 14.8 Å². The molecule has 0 saturated carbocycles. The number of nitrogens with two attached hydrogens (primary N) is 1. The van der Waals surface area contributed by atoms with E-state index < -0.39 is 0 Å². The molecule has 0 spiro atoms. The highest BCUT2D eigenvalue weighted by Crippen LogP contribution is 2.20. The lowest BCUT2D eigenvalue weighted by Crippen LogP contribution is -2.29. The first-order chi connectivity index (χ1) is 13.2. The Morgan fingerprint density at radius 3 is 2.68 bits per heavy atom. The minimum absolute atomic E-state index is 0.183.